The zero-order valence-electron chi connectivity index (χ0n) is 16.5. The zero-order valence-corrected chi connectivity index (χ0v) is 18.1. The zero-order chi connectivity index (χ0) is 22.7. The molecule has 1 heterocycles. The summed E-state index contributed by atoms with van der Waals surface area (Å²) in [4.78, 5) is 26.5. The van der Waals surface area contributed by atoms with Crippen LogP contribution in [0.25, 0.3) is 6.08 Å². The maximum absolute atomic E-state index is 13.2. The lowest BCUT2D eigenvalue weighted by atomic mass is 10.1. The predicted octanol–water partition coefficient (Wildman–Crippen LogP) is 4.89. The lowest BCUT2D eigenvalue weighted by molar-refractivity contribution is -0.122. The van der Waals surface area contributed by atoms with Crippen molar-refractivity contribution in [1.29, 1.82) is 0 Å². The second-order valence-corrected chi connectivity index (χ2v) is 7.74. The second-order valence-electron chi connectivity index (χ2n) is 6.92. The molecule has 3 aromatic rings. The van der Waals surface area contributed by atoms with Gasteiger partial charge in [-0.05, 0) is 78.0 Å². The third-order valence-corrected chi connectivity index (χ3v) is 5.23. The third-order valence-electron chi connectivity index (χ3n) is 4.70. The molecule has 0 bridgehead atoms. The van der Waals surface area contributed by atoms with Gasteiger partial charge in [-0.3, -0.25) is 19.8 Å². The molecular weight excluding hydrogens is 451 g/mol. The number of carbonyl (C=O) groups is 2. The molecule has 4 rings (SSSR count). The maximum Gasteiger partial charge on any atom is 0.270 e. The first-order valence-electron chi connectivity index (χ1n) is 9.55. The highest BCUT2D eigenvalue weighted by molar-refractivity contribution is 7.80. The summed E-state index contributed by atoms with van der Waals surface area (Å²) in [6, 6.07) is 19.6. The minimum Gasteiger partial charge on any atom is -0.489 e. The van der Waals surface area contributed by atoms with Gasteiger partial charge < -0.3 is 4.74 Å². The summed E-state index contributed by atoms with van der Waals surface area (Å²) < 4.78 is 19.0. The summed E-state index contributed by atoms with van der Waals surface area (Å²) in [6.45, 7) is 0.378. The smallest absolute Gasteiger partial charge is 0.270 e. The van der Waals surface area contributed by atoms with Crippen molar-refractivity contribution >= 4 is 52.5 Å². The quantitative estimate of drug-likeness (QED) is 0.330. The Labute approximate surface area is 194 Å². The highest BCUT2D eigenvalue weighted by atomic mass is 35.5. The van der Waals surface area contributed by atoms with Crippen molar-refractivity contribution in [3.63, 3.8) is 0 Å². The number of anilines is 1. The minimum absolute atomic E-state index is 0.0605. The summed E-state index contributed by atoms with van der Waals surface area (Å²) in [7, 11) is 0. The highest BCUT2D eigenvalue weighted by Gasteiger charge is 2.34. The first-order chi connectivity index (χ1) is 15.4. The van der Waals surface area contributed by atoms with Gasteiger partial charge in [0.1, 0.15) is 23.7 Å². The number of hydrogen-bond donors (Lipinski definition) is 1. The van der Waals surface area contributed by atoms with E-state index in [0.717, 1.165) is 10.5 Å². The van der Waals surface area contributed by atoms with E-state index >= 15 is 0 Å². The normalized spacial score (nSPS) is 15.1. The molecule has 0 radical (unpaired) electrons. The number of nitrogens with zero attached hydrogens (tertiary/aromatic N) is 1. The molecule has 0 unspecified atom stereocenters. The standard InChI is InChI=1S/C24H16ClFN2O3S/c25-17-5-1-16(2-6-17)14-31-20-11-3-15(4-12-20)13-21-22(29)27-24(32)28(23(21)30)19-9-7-18(26)8-10-19/h1-13H,14H2,(H,27,29,32)/b21-13-. The summed E-state index contributed by atoms with van der Waals surface area (Å²) in [5.74, 6) is -0.993. The van der Waals surface area contributed by atoms with Crippen molar-refractivity contribution in [3.8, 4) is 5.75 Å². The summed E-state index contributed by atoms with van der Waals surface area (Å²) in [6.07, 6.45) is 1.47. The van der Waals surface area contributed by atoms with E-state index in [-0.39, 0.29) is 10.7 Å². The van der Waals surface area contributed by atoms with E-state index in [1.165, 1.54) is 30.3 Å². The van der Waals surface area contributed by atoms with Crippen LogP contribution >= 0.6 is 23.8 Å². The van der Waals surface area contributed by atoms with Crippen LogP contribution in [0, 0.1) is 5.82 Å². The Bertz CT molecular complexity index is 1210. The molecule has 1 N–H and O–H groups in total. The molecule has 1 aliphatic heterocycles. The summed E-state index contributed by atoms with van der Waals surface area (Å²) >= 11 is 11.0. The number of hydrogen-bond acceptors (Lipinski definition) is 4. The Morgan fingerprint density at radius 3 is 2.28 bits per heavy atom. The van der Waals surface area contributed by atoms with E-state index in [4.69, 9.17) is 28.6 Å². The van der Waals surface area contributed by atoms with Crippen LogP contribution in [0.4, 0.5) is 10.1 Å². The minimum atomic E-state index is -0.596. The van der Waals surface area contributed by atoms with Gasteiger partial charge in [-0.1, -0.05) is 35.9 Å². The van der Waals surface area contributed by atoms with E-state index < -0.39 is 17.6 Å². The van der Waals surface area contributed by atoms with Crippen LogP contribution in [0.5, 0.6) is 5.75 Å². The molecule has 1 saturated heterocycles. The molecule has 0 aromatic heterocycles. The van der Waals surface area contributed by atoms with E-state index in [1.807, 2.05) is 12.1 Å². The van der Waals surface area contributed by atoms with Crippen LogP contribution in [0.15, 0.2) is 78.4 Å². The molecule has 1 fully saturated rings. The van der Waals surface area contributed by atoms with Gasteiger partial charge in [-0.15, -0.1) is 0 Å². The van der Waals surface area contributed by atoms with Crippen LogP contribution < -0.4 is 15.0 Å². The van der Waals surface area contributed by atoms with Crippen molar-refractivity contribution in [1.82, 2.24) is 5.32 Å². The Kier molecular flexibility index (Phi) is 6.30. The molecule has 2 amide bonds. The van der Waals surface area contributed by atoms with Gasteiger partial charge in [0.15, 0.2) is 5.11 Å². The van der Waals surface area contributed by atoms with Gasteiger partial charge in [0, 0.05) is 5.02 Å². The number of carbonyl (C=O) groups excluding carboxylic acids is 2. The van der Waals surface area contributed by atoms with Gasteiger partial charge in [0.25, 0.3) is 11.8 Å². The fourth-order valence-corrected chi connectivity index (χ4v) is 3.46. The largest absolute Gasteiger partial charge is 0.489 e. The van der Waals surface area contributed by atoms with Crippen LogP contribution in [-0.4, -0.2) is 16.9 Å². The van der Waals surface area contributed by atoms with Crippen LogP contribution in [-0.2, 0) is 16.2 Å². The molecule has 32 heavy (non-hydrogen) atoms. The fraction of sp³-hybridized carbons (Fsp3) is 0.0417. The number of ether oxygens (including phenoxy) is 1. The van der Waals surface area contributed by atoms with Crippen LogP contribution in [0.3, 0.4) is 0 Å². The molecule has 0 spiro atoms. The topological polar surface area (TPSA) is 58.6 Å². The number of rotatable bonds is 5. The molecule has 1 aliphatic rings. The number of halogens is 2. The van der Waals surface area contributed by atoms with Crippen LogP contribution in [0.1, 0.15) is 11.1 Å². The Morgan fingerprint density at radius 2 is 1.62 bits per heavy atom. The number of benzene rings is 3. The second kappa shape index (κ2) is 9.30. The maximum atomic E-state index is 13.2. The van der Waals surface area contributed by atoms with Gasteiger partial charge in [0.05, 0.1) is 5.69 Å². The average molecular weight is 467 g/mol. The number of amides is 2. The van der Waals surface area contributed by atoms with Gasteiger partial charge in [-0.2, -0.15) is 0 Å². The van der Waals surface area contributed by atoms with Gasteiger partial charge in [-0.25, -0.2) is 4.39 Å². The lowest BCUT2D eigenvalue weighted by Gasteiger charge is -2.28. The first-order valence-corrected chi connectivity index (χ1v) is 10.3. The number of nitrogens with one attached hydrogen (secondary N) is 1. The third kappa shape index (κ3) is 4.85. The molecule has 0 saturated carbocycles. The predicted molar refractivity (Wildman–Crippen MR) is 125 cm³/mol. The van der Waals surface area contributed by atoms with Crippen molar-refractivity contribution in [2.45, 2.75) is 6.61 Å². The number of thiocarbonyl (C=S) groups is 1. The summed E-state index contributed by atoms with van der Waals surface area (Å²) in [5.41, 5.74) is 1.88. The van der Waals surface area contributed by atoms with Crippen molar-refractivity contribution in [3.05, 3.63) is 100 Å². The molecule has 160 valence electrons. The molecule has 0 atom stereocenters. The first kappa shape index (κ1) is 21.7. The van der Waals surface area contributed by atoms with Crippen LogP contribution in [0.2, 0.25) is 5.02 Å². The van der Waals surface area contributed by atoms with Crippen molar-refractivity contribution in [2.24, 2.45) is 0 Å². The molecule has 0 aliphatic carbocycles. The molecular formula is C24H16ClFN2O3S. The SMILES string of the molecule is O=C1NC(=S)N(c2ccc(F)cc2)C(=O)/C1=C\c1ccc(OCc2ccc(Cl)cc2)cc1. The fourth-order valence-electron chi connectivity index (χ4n) is 3.06. The van der Waals surface area contributed by atoms with Gasteiger partial charge in [0.2, 0.25) is 0 Å². The summed E-state index contributed by atoms with van der Waals surface area (Å²) in [5, 5.41) is 3.10. The van der Waals surface area contributed by atoms with E-state index in [1.54, 1.807) is 36.4 Å². The Morgan fingerprint density at radius 1 is 0.969 bits per heavy atom. The Hall–Kier alpha value is -3.55. The molecule has 8 heteroatoms. The van der Waals surface area contributed by atoms with Gasteiger partial charge >= 0.3 is 0 Å². The molecule has 3 aromatic carbocycles. The average Bonchev–Trinajstić information content (AvgIpc) is 2.78. The molecule has 5 nitrogen and oxygen atoms in total. The van der Waals surface area contributed by atoms with Crippen molar-refractivity contribution in [2.75, 3.05) is 4.90 Å². The highest BCUT2D eigenvalue weighted by Crippen LogP contribution is 2.23. The van der Waals surface area contributed by atoms with E-state index in [0.29, 0.717) is 28.6 Å². The van der Waals surface area contributed by atoms with Crippen molar-refractivity contribution < 1.29 is 18.7 Å². The Balaban J connectivity index is 1.50. The van der Waals surface area contributed by atoms with E-state index in [2.05, 4.69) is 5.32 Å². The van der Waals surface area contributed by atoms with E-state index in [9.17, 15) is 14.0 Å². The monoisotopic (exact) mass is 466 g/mol. The lowest BCUT2D eigenvalue weighted by Crippen LogP contribution is -2.54.